The largest absolute Gasteiger partial charge is 0.494 e. The Hall–Kier alpha value is -3.05. The van der Waals surface area contributed by atoms with Crippen LogP contribution in [0.2, 0.25) is 0 Å². The number of ketones is 1. The van der Waals surface area contributed by atoms with Gasteiger partial charge in [-0.25, -0.2) is 0 Å². The van der Waals surface area contributed by atoms with Crippen molar-refractivity contribution in [3.05, 3.63) is 87.8 Å². The van der Waals surface area contributed by atoms with Crippen molar-refractivity contribution in [2.75, 3.05) is 17.2 Å². The second-order valence-electron chi connectivity index (χ2n) is 8.10. The van der Waals surface area contributed by atoms with Crippen LogP contribution in [0.1, 0.15) is 48.6 Å². The van der Waals surface area contributed by atoms with E-state index in [-0.39, 0.29) is 17.7 Å². The Bertz CT molecular complexity index is 1100. The third-order valence-electron chi connectivity index (χ3n) is 5.94. The number of Topliss-reactive ketones (excluding diaryl/α,β-unsaturated/α-hetero) is 1. The van der Waals surface area contributed by atoms with Gasteiger partial charge in [-0.2, -0.15) is 0 Å². The number of benzene rings is 2. The molecule has 5 heteroatoms. The number of fused-ring (bicyclic) bond motifs is 1. The molecule has 2 atom stereocenters. The van der Waals surface area contributed by atoms with Crippen LogP contribution >= 0.6 is 11.3 Å². The highest BCUT2D eigenvalue weighted by molar-refractivity contribution is 7.10. The summed E-state index contributed by atoms with van der Waals surface area (Å²) in [7, 11) is 0. The van der Waals surface area contributed by atoms with Gasteiger partial charge in [0, 0.05) is 28.5 Å². The highest BCUT2D eigenvalue weighted by Gasteiger charge is 2.36. The summed E-state index contributed by atoms with van der Waals surface area (Å²) in [4.78, 5) is 14.8. The molecule has 2 N–H and O–H groups in total. The first kappa shape index (κ1) is 19.9. The Morgan fingerprint density at radius 1 is 1.00 bits per heavy atom. The van der Waals surface area contributed by atoms with Gasteiger partial charge in [0.25, 0.3) is 0 Å². The summed E-state index contributed by atoms with van der Waals surface area (Å²) < 4.78 is 5.75. The summed E-state index contributed by atoms with van der Waals surface area (Å²) in [6.45, 7) is 2.80. The molecule has 1 aromatic heterocycles. The molecule has 4 nitrogen and oxygen atoms in total. The van der Waals surface area contributed by atoms with Crippen LogP contribution in [0, 0.1) is 0 Å². The maximum Gasteiger partial charge on any atom is 0.163 e. The summed E-state index contributed by atoms with van der Waals surface area (Å²) in [5, 5.41) is 9.33. The van der Waals surface area contributed by atoms with Gasteiger partial charge in [0.05, 0.1) is 24.0 Å². The fourth-order valence-electron chi connectivity index (χ4n) is 4.44. The van der Waals surface area contributed by atoms with Gasteiger partial charge in [0.15, 0.2) is 5.78 Å². The Kier molecular flexibility index (Phi) is 5.51. The van der Waals surface area contributed by atoms with Gasteiger partial charge in [-0.3, -0.25) is 4.79 Å². The number of para-hydroxylation sites is 2. The number of allylic oxidation sites excluding steroid dienone is 1. The highest BCUT2D eigenvalue weighted by atomic mass is 32.1. The number of carbonyl (C=O) groups is 1. The first-order valence-corrected chi connectivity index (χ1v) is 11.8. The molecule has 2 aromatic carbocycles. The third kappa shape index (κ3) is 3.98. The van der Waals surface area contributed by atoms with Crippen LogP contribution in [0.15, 0.2) is 77.3 Å². The van der Waals surface area contributed by atoms with E-state index in [9.17, 15) is 4.79 Å². The van der Waals surface area contributed by atoms with E-state index in [2.05, 4.69) is 59.3 Å². The van der Waals surface area contributed by atoms with Crippen LogP contribution in [0.5, 0.6) is 5.75 Å². The van der Waals surface area contributed by atoms with E-state index < -0.39 is 0 Å². The van der Waals surface area contributed by atoms with Gasteiger partial charge in [-0.1, -0.05) is 37.3 Å². The summed E-state index contributed by atoms with van der Waals surface area (Å²) in [5.41, 5.74) is 4.97. The number of hydrogen-bond acceptors (Lipinski definition) is 5. The van der Waals surface area contributed by atoms with Crippen molar-refractivity contribution in [1.29, 1.82) is 0 Å². The number of nitrogens with one attached hydrogen (secondary N) is 2. The lowest BCUT2D eigenvalue weighted by molar-refractivity contribution is -0.116. The lowest BCUT2D eigenvalue weighted by Crippen LogP contribution is -2.26. The lowest BCUT2D eigenvalue weighted by Gasteiger charge is -2.29. The zero-order valence-electron chi connectivity index (χ0n) is 17.6. The average molecular weight is 431 g/mol. The van der Waals surface area contributed by atoms with Crippen LogP contribution in [0.4, 0.5) is 11.4 Å². The van der Waals surface area contributed by atoms with E-state index in [1.165, 1.54) is 4.88 Å². The van der Waals surface area contributed by atoms with Crippen molar-refractivity contribution in [1.82, 2.24) is 0 Å². The maximum absolute atomic E-state index is 13.5. The van der Waals surface area contributed by atoms with Gasteiger partial charge in [0.1, 0.15) is 5.75 Å². The Balaban J connectivity index is 1.54. The van der Waals surface area contributed by atoms with Crippen molar-refractivity contribution < 1.29 is 9.53 Å². The smallest absolute Gasteiger partial charge is 0.163 e. The minimum Gasteiger partial charge on any atom is -0.494 e. The highest BCUT2D eigenvalue weighted by Crippen LogP contribution is 2.44. The number of thiophene rings is 1. The van der Waals surface area contributed by atoms with Crippen molar-refractivity contribution in [2.24, 2.45) is 0 Å². The lowest BCUT2D eigenvalue weighted by atomic mass is 9.81. The molecular formula is C26H26N2O2S. The van der Waals surface area contributed by atoms with E-state index in [1.807, 2.05) is 24.3 Å². The standard InChI is InChI=1S/C26H26N2O2S/c1-2-13-30-19-11-9-17(10-12-19)26-25-22(27-20-6-3-4-7-21(20)28-26)15-18(16-23(25)29)24-8-5-14-31-24/h3-12,14,18,26-28H,2,13,15-16H2,1H3. The first-order chi connectivity index (χ1) is 15.2. The van der Waals surface area contributed by atoms with E-state index in [0.717, 1.165) is 46.8 Å². The fraction of sp³-hybridized carbons (Fsp3) is 0.269. The zero-order valence-corrected chi connectivity index (χ0v) is 18.4. The molecular weight excluding hydrogens is 404 g/mol. The van der Waals surface area contributed by atoms with Crippen molar-refractivity contribution >= 4 is 28.5 Å². The predicted molar refractivity (Wildman–Crippen MR) is 127 cm³/mol. The molecule has 0 saturated heterocycles. The Morgan fingerprint density at radius 3 is 2.55 bits per heavy atom. The second-order valence-corrected chi connectivity index (χ2v) is 9.08. The molecule has 158 valence electrons. The van der Waals surface area contributed by atoms with Crippen molar-refractivity contribution in [3.8, 4) is 5.75 Å². The topological polar surface area (TPSA) is 50.4 Å². The molecule has 0 bridgehead atoms. The predicted octanol–water partition coefficient (Wildman–Crippen LogP) is 6.52. The van der Waals surface area contributed by atoms with E-state index in [1.54, 1.807) is 11.3 Å². The molecule has 2 unspecified atom stereocenters. The zero-order chi connectivity index (χ0) is 21.2. The van der Waals surface area contributed by atoms with E-state index >= 15 is 0 Å². The van der Waals surface area contributed by atoms with Gasteiger partial charge >= 0.3 is 0 Å². The molecule has 1 aliphatic heterocycles. The molecule has 2 heterocycles. The van der Waals surface area contributed by atoms with E-state index in [4.69, 9.17) is 4.74 Å². The average Bonchev–Trinajstić information content (AvgIpc) is 3.27. The molecule has 3 aromatic rings. The number of rotatable bonds is 5. The summed E-state index contributed by atoms with van der Waals surface area (Å²) >= 11 is 1.73. The normalized spacial score (nSPS) is 20.2. The first-order valence-electron chi connectivity index (χ1n) is 10.9. The molecule has 31 heavy (non-hydrogen) atoms. The maximum atomic E-state index is 13.5. The van der Waals surface area contributed by atoms with Gasteiger partial charge < -0.3 is 15.4 Å². The minimum absolute atomic E-state index is 0.192. The Morgan fingerprint density at radius 2 is 1.81 bits per heavy atom. The number of carbonyl (C=O) groups excluding carboxylic acids is 1. The Labute approximate surface area is 187 Å². The van der Waals surface area contributed by atoms with Crippen molar-refractivity contribution in [3.63, 3.8) is 0 Å². The third-order valence-corrected chi connectivity index (χ3v) is 6.98. The van der Waals surface area contributed by atoms with Crippen LogP contribution in [0.25, 0.3) is 0 Å². The molecule has 1 aliphatic carbocycles. The SMILES string of the molecule is CCCOc1ccc(C2Nc3ccccc3NC3=C2C(=O)CC(c2cccs2)C3)cc1. The fourth-order valence-corrected chi connectivity index (χ4v) is 5.27. The summed E-state index contributed by atoms with van der Waals surface area (Å²) in [6.07, 6.45) is 2.36. The molecule has 0 spiro atoms. The quantitative estimate of drug-likeness (QED) is 0.484. The van der Waals surface area contributed by atoms with Gasteiger partial charge in [0.2, 0.25) is 0 Å². The van der Waals surface area contributed by atoms with Crippen LogP contribution < -0.4 is 15.4 Å². The number of anilines is 2. The number of hydrogen-bond donors (Lipinski definition) is 2. The summed E-state index contributed by atoms with van der Waals surface area (Å²) in [5.74, 6) is 1.30. The second kappa shape index (κ2) is 8.60. The number of ether oxygens (including phenoxy) is 1. The molecule has 0 saturated carbocycles. The van der Waals surface area contributed by atoms with Crippen molar-refractivity contribution in [2.45, 2.75) is 38.1 Å². The minimum atomic E-state index is -0.192. The summed E-state index contributed by atoms with van der Waals surface area (Å²) in [6, 6.07) is 20.3. The van der Waals surface area contributed by atoms with Gasteiger partial charge in [-0.15, -0.1) is 11.3 Å². The van der Waals surface area contributed by atoms with E-state index in [0.29, 0.717) is 13.0 Å². The van der Waals surface area contributed by atoms with Crippen LogP contribution in [-0.4, -0.2) is 12.4 Å². The molecule has 0 fully saturated rings. The molecule has 5 rings (SSSR count). The van der Waals surface area contributed by atoms with Gasteiger partial charge in [-0.05, 0) is 54.1 Å². The molecule has 2 aliphatic rings. The molecule has 0 amide bonds. The van der Waals surface area contributed by atoms with Crippen LogP contribution in [0.3, 0.4) is 0 Å². The molecule has 0 radical (unpaired) electrons. The monoisotopic (exact) mass is 430 g/mol. The van der Waals surface area contributed by atoms with Crippen LogP contribution in [-0.2, 0) is 4.79 Å².